The van der Waals surface area contributed by atoms with Gasteiger partial charge in [0.05, 0.1) is 12.6 Å². The molecule has 2 aromatic rings. The van der Waals surface area contributed by atoms with Gasteiger partial charge < -0.3 is 5.11 Å². The fourth-order valence-corrected chi connectivity index (χ4v) is 4.19. The van der Waals surface area contributed by atoms with E-state index in [1.54, 1.807) is 26.0 Å². The zero-order valence-electron chi connectivity index (χ0n) is 17.5. The van der Waals surface area contributed by atoms with E-state index in [-0.39, 0.29) is 5.56 Å². The molecule has 0 aliphatic carbocycles. The van der Waals surface area contributed by atoms with Crippen molar-refractivity contribution in [2.45, 2.75) is 38.5 Å². The standard InChI is InChI=1S/C24H22F5NO2/c1-14-10-18(17-6-4-3-5-7-17)15(2)23(30(14)13-24(27,28)29)22-19(25)11-16(12-20(22)26)8-9-21(31)32/h3-9,11-12,14,23H,10,13H2,1-2H3,(H,31,32)/b9-8+. The first-order valence-corrected chi connectivity index (χ1v) is 9.95. The summed E-state index contributed by atoms with van der Waals surface area (Å²) in [5.41, 5.74) is 1.44. The fourth-order valence-electron chi connectivity index (χ4n) is 4.19. The molecule has 32 heavy (non-hydrogen) atoms. The molecule has 3 nitrogen and oxygen atoms in total. The molecular formula is C24H22F5NO2. The van der Waals surface area contributed by atoms with Crippen molar-refractivity contribution in [1.82, 2.24) is 4.90 Å². The number of benzene rings is 2. The number of carbonyl (C=O) groups is 1. The van der Waals surface area contributed by atoms with Gasteiger partial charge in [-0.05, 0) is 60.8 Å². The second-order valence-electron chi connectivity index (χ2n) is 7.84. The molecular weight excluding hydrogens is 429 g/mol. The van der Waals surface area contributed by atoms with Crippen molar-refractivity contribution in [3.8, 4) is 0 Å². The molecule has 0 saturated heterocycles. The van der Waals surface area contributed by atoms with Crippen molar-refractivity contribution in [3.63, 3.8) is 0 Å². The fraction of sp³-hybridized carbons (Fsp3) is 0.292. The number of hydrogen-bond acceptors (Lipinski definition) is 2. The Balaban J connectivity index is 2.18. The minimum atomic E-state index is -4.56. The van der Waals surface area contributed by atoms with E-state index in [4.69, 9.17) is 5.11 Å². The van der Waals surface area contributed by atoms with Crippen LogP contribution in [0.5, 0.6) is 0 Å². The van der Waals surface area contributed by atoms with Gasteiger partial charge in [-0.3, -0.25) is 4.90 Å². The third-order valence-electron chi connectivity index (χ3n) is 5.56. The number of hydrogen-bond donors (Lipinski definition) is 1. The van der Waals surface area contributed by atoms with Gasteiger partial charge in [-0.2, -0.15) is 13.2 Å². The molecule has 0 fully saturated rings. The van der Waals surface area contributed by atoms with Crippen molar-refractivity contribution >= 4 is 17.6 Å². The van der Waals surface area contributed by atoms with Gasteiger partial charge in [0.15, 0.2) is 0 Å². The van der Waals surface area contributed by atoms with Crippen LogP contribution >= 0.6 is 0 Å². The molecule has 8 heteroatoms. The molecule has 0 bridgehead atoms. The lowest BCUT2D eigenvalue weighted by Gasteiger charge is -2.43. The van der Waals surface area contributed by atoms with E-state index in [1.807, 2.05) is 18.2 Å². The highest BCUT2D eigenvalue weighted by atomic mass is 19.4. The SMILES string of the molecule is CC1=C(c2ccccc2)CC(C)N(CC(F)(F)F)C1c1c(F)cc(/C=C/C(=O)O)cc1F. The van der Waals surface area contributed by atoms with E-state index in [2.05, 4.69) is 0 Å². The summed E-state index contributed by atoms with van der Waals surface area (Å²) in [6.07, 6.45) is -2.52. The average molecular weight is 451 g/mol. The molecule has 2 aromatic carbocycles. The highest BCUT2D eigenvalue weighted by Crippen LogP contribution is 2.45. The minimum absolute atomic E-state index is 0.0395. The van der Waals surface area contributed by atoms with Crippen molar-refractivity contribution < 1.29 is 31.9 Å². The van der Waals surface area contributed by atoms with Gasteiger partial charge in [0.25, 0.3) is 0 Å². The summed E-state index contributed by atoms with van der Waals surface area (Å²) in [7, 11) is 0. The maximum Gasteiger partial charge on any atom is 0.401 e. The van der Waals surface area contributed by atoms with Crippen LogP contribution in [0.2, 0.25) is 0 Å². The first kappa shape index (κ1) is 23.7. The van der Waals surface area contributed by atoms with Crippen LogP contribution in [0.1, 0.15) is 43.0 Å². The van der Waals surface area contributed by atoms with Gasteiger partial charge >= 0.3 is 12.1 Å². The monoisotopic (exact) mass is 451 g/mol. The van der Waals surface area contributed by atoms with E-state index in [9.17, 15) is 18.0 Å². The quantitative estimate of drug-likeness (QED) is 0.433. The highest BCUT2D eigenvalue weighted by molar-refractivity contribution is 5.85. The first-order valence-electron chi connectivity index (χ1n) is 9.95. The van der Waals surface area contributed by atoms with E-state index >= 15 is 8.78 Å². The normalized spacial score (nSPS) is 20.2. The van der Waals surface area contributed by atoms with E-state index in [0.717, 1.165) is 40.3 Å². The maximum absolute atomic E-state index is 15.1. The Morgan fingerprint density at radius 1 is 1.16 bits per heavy atom. The average Bonchev–Trinajstić information content (AvgIpc) is 2.70. The zero-order chi connectivity index (χ0) is 23.6. The van der Waals surface area contributed by atoms with Gasteiger partial charge in [-0.1, -0.05) is 30.3 Å². The Hall–Kier alpha value is -3.00. The molecule has 0 radical (unpaired) electrons. The zero-order valence-corrected chi connectivity index (χ0v) is 17.5. The predicted octanol–water partition coefficient (Wildman–Crippen LogP) is 6.23. The van der Waals surface area contributed by atoms with Gasteiger partial charge in [-0.25, -0.2) is 13.6 Å². The Morgan fingerprint density at radius 3 is 2.28 bits per heavy atom. The molecule has 1 aliphatic heterocycles. The molecule has 2 unspecified atom stereocenters. The molecule has 2 atom stereocenters. The topological polar surface area (TPSA) is 40.5 Å². The van der Waals surface area contributed by atoms with Crippen molar-refractivity contribution in [3.05, 3.63) is 82.4 Å². The van der Waals surface area contributed by atoms with Gasteiger partial charge in [0.2, 0.25) is 0 Å². The largest absolute Gasteiger partial charge is 0.478 e. The third-order valence-corrected chi connectivity index (χ3v) is 5.56. The summed E-state index contributed by atoms with van der Waals surface area (Å²) in [4.78, 5) is 11.8. The van der Waals surface area contributed by atoms with Crippen LogP contribution in [0.3, 0.4) is 0 Å². The number of carboxylic acid groups (broad SMARTS) is 1. The molecule has 0 aromatic heterocycles. The summed E-state index contributed by atoms with van der Waals surface area (Å²) in [5, 5.41) is 8.72. The van der Waals surface area contributed by atoms with E-state index in [1.165, 1.54) is 0 Å². The number of halogens is 5. The number of aliphatic carboxylic acids is 1. The van der Waals surface area contributed by atoms with Gasteiger partial charge in [-0.15, -0.1) is 0 Å². The van der Waals surface area contributed by atoms with Crippen molar-refractivity contribution in [2.75, 3.05) is 6.54 Å². The summed E-state index contributed by atoms with van der Waals surface area (Å²) >= 11 is 0. The third kappa shape index (κ3) is 5.24. The molecule has 3 rings (SSSR count). The van der Waals surface area contributed by atoms with Crippen molar-refractivity contribution in [1.29, 1.82) is 0 Å². The summed E-state index contributed by atoms with van der Waals surface area (Å²) in [6.45, 7) is 1.88. The molecule has 0 spiro atoms. The number of nitrogens with zero attached hydrogens (tertiary/aromatic N) is 1. The highest BCUT2D eigenvalue weighted by Gasteiger charge is 2.42. The Labute approximate surface area is 182 Å². The predicted molar refractivity (Wildman–Crippen MR) is 112 cm³/mol. The second-order valence-corrected chi connectivity index (χ2v) is 7.84. The second kappa shape index (κ2) is 9.24. The molecule has 1 N–H and O–H groups in total. The van der Waals surface area contributed by atoms with E-state index in [0.29, 0.717) is 12.0 Å². The molecule has 0 amide bonds. The Bertz CT molecular complexity index is 1040. The van der Waals surface area contributed by atoms with Crippen LogP contribution in [0.4, 0.5) is 22.0 Å². The number of rotatable bonds is 5. The van der Waals surface area contributed by atoms with Crippen LogP contribution in [-0.4, -0.2) is 34.7 Å². The molecule has 1 aliphatic rings. The van der Waals surface area contributed by atoms with Crippen LogP contribution in [-0.2, 0) is 4.79 Å². The smallest absolute Gasteiger partial charge is 0.401 e. The maximum atomic E-state index is 15.1. The van der Waals surface area contributed by atoms with Crippen LogP contribution in [0.15, 0.2) is 54.1 Å². The lowest BCUT2D eigenvalue weighted by molar-refractivity contribution is -0.155. The summed E-state index contributed by atoms with van der Waals surface area (Å²) in [6, 6.07) is 8.98. The lowest BCUT2D eigenvalue weighted by atomic mass is 9.82. The molecule has 170 valence electrons. The first-order chi connectivity index (χ1) is 15.0. The van der Waals surface area contributed by atoms with Crippen molar-refractivity contribution in [2.24, 2.45) is 0 Å². The Kier molecular flexibility index (Phi) is 6.83. The van der Waals surface area contributed by atoms with Crippen LogP contribution in [0.25, 0.3) is 11.6 Å². The number of alkyl halides is 3. The molecule has 1 heterocycles. The summed E-state index contributed by atoms with van der Waals surface area (Å²) < 4.78 is 70.4. The van der Waals surface area contributed by atoms with Gasteiger partial charge in [0.1, 0.15) is 11.6 Å². The van der Waals surface area contributed by atoms with Crippen LogP contribution < -0.4 is 0 Å². The molecule has 0 saturated carbocycles. The van der Waals surface area contributed by atoms with Gasteiger partial charge in [0, 0.05) is 17.7 Å². The summed E-state index contributed by atoms with van der Waals surface area (Å²) in [5.74, 6) is -3.36. The van der Waals surface area contributed by atoms with Crippen LogP contribution in [0, 0.1) is 11.6 Å². The Morgan fingerprint density at radius 2 is 1.75 bits per heavy atom. The number of carboxylic acids is 1. The minimum Gasteiger partial charge on any atom is -0.478 e. The van der Waals surface area contributed by atoms with E-state index < -0.39 is 48.0 Å². The lowest BCUT2D eigenvalue weighted by Crippen LogP contribution is -2.46.